The predicted molar refractivity (Wildman–Crippen MR) is 137 cm³/mol. The molecule has 0 radical (unpaired) electrons. The standard InChI is InChI=1S/C31H20O5/c1-19-16-21-8-15-29(19)34-26-11-13-28(14-12-26)36-31(33)25-5-3-22-17-24(4-2-23(22)18-25)30(32)35-27-9-6-20(21)7-10-27/h2-18H,1H3. The summed E-state index contributed by atoms with van der Waals surface area (Å²) in [7, 11) is 0. The zero-order chi connectivity index (χ0) is 24.6. The highest BCUT2D eigenvalue weighted by molar-refractivity contribution is 6.00. The van der Waals surface area contributed by atoms with Crippen LogP contribution in [0.3, 0.4) is 0 Å². The van der Waals surface area contributed by atoms with Gasteiger partial charge in [-0.15, -0.1) is 0 Å². The minimum Gasteiger partial charge on any atom is -0.457 e. The molecule has 5 nitrogen and oxygen atoms in total. The molecule has 10 heterocycles. The Balaban J connectivity index is 1.42. The summed E-state index contributed by atoms with van der Waals surface area (Å²) in [6.07, 6.45) is 0. The predicted octanol–water partition coefficient (Wildman–Crippen LogP) is 7.36. The van der Waals surface area contributed by atoms with Crippen LogP contribution in [0, 0.1) is 6.92 Å². The fourth-order valence-electron chi connectivity index (χ4n) is 4.19. The van der Waals surface area contributed by atoms with E-state index in [0.29, 0.717) is 28.4 Å². The Labute approximate surface area is 207 Å². The smallest absolute Gasteiger partial charge is 0.343 e. The van der Waals surface area contributed by atoms with Crippen LogP contribution < -0.4 is 14.2 Å². The third kappa shape index (κ3) is 4.18. The van der Waals surface area contributed by atoms with Gasteiger partial charge >= 0.3 is 11.9 Å². The third-order valence-corrected chi connectivity index (χ3v) is 6.15. The average Bonchev–Trinajstić information content (AvgIpc) is 2.90. The van der Waals surface area contributed by atoms with E-state index in [1.54, 1.807) is 72.8 Å². The number of benzene rings is 5. The fourth-order valence-corrected chi connectivity index (χ4v) is 4.19. The van der Waals surface area contributed by atoms with Crippen LogP contribution >= 0.6 is 0 Å². The Kier molecular flexibility index (Phi) is 5.23. The molecule has 0 aromatic heterocycles. The first-order chi connectivity index (χ1) is 17.5. The van der Waals surface area contributed by atoms with Gasteiger partial charge in [0.05, 0.1) is 11.1 Å². The number of ether oxygens (including phenoxy) is 3. The highest BCUT2D eigenvalue weighted by Gasteiger charge is 2.14. The minimum absolute atomic E-state index is 0.410. The maximum absolute atomic E-state index is 12.8. The molecule has 0 spiro atoms. The number of esters is 2. The van der Waals surface area contributed by atoms with E-state index in [0.717, 1.165) is 33.2 Å². The topological polar surface area (TPSA) is 61.8 Å². The van der Waals surface area contributed by atoms with Crippen LogP contribution in [0.25, 0.3) is 21.9 Å². The molecule has 10 aliphatic heterocycles. The fraction of sp³-hybridized carbons (Fsp3) is 0.0323. The van der Waals surface area contributed by atoms with Crippen molar-refractivity contribution in [1.29, 1.82) is 0 Å². The average molecular weight is 472 g/mol. The Bertz CT molecular complexity index is 1630. The summed E-state index contributed by atoms with van der Waals surface area (Å²) in [4.78, 5) is 25.5. The summed E-state index contributed by atoms with van der Waals surface area (Å²) in [6, 6.07) is 30.7. The van der Waals surface area contributed by atoms with Gasteiger partial charge in [-0.3, -0.25) is 0 Å². The van der Waals surface area contributed by atoms with Gasteiger partial charge in [0.15, 0.2) is 0 Å². The van der Waals surface area contributed by atoms with Gasteiger partial charge < -0.3 is 14.2 Å². The Hall–Kier alpha value is -4.90. The molecule has 5 aromatic carbocycles. The zero-order valence-corrected chi connectivity index (χ0v) is 19.4. The molecule has 10 bridgehead atoms. The van der Waals surface area contributed by atoms with E-state index >= 15 is 0 Å². The van der Waals surface area contributed by atoms with E-state index in [-0.39, 0.29) is 0 Å². The van der Waals surface area contributed by atoms with Crippen LogP contribution in [-0.4, -0.2) is 11.9 Å². The highest BCUT2D eigenvalue weighted by atomic mass is 16.5. The Morgan fingerprint density at radius 3 is 1.42 bits per heavy atom. The van der Waals surface area contributed by atoms with Crippen molar-refractivity contribution in [2.45, 2.75) is 6.92 Å². The van der Waals surface area contributed by atoms with Crippen LogP contribution in [0.2, 0.25) is 0 Å². The summed E-state index contributed by atoms with van der Waals surface area (Å²) in [5.41, 5.74) is 3.82. The maximum Gasteiger partial charge on any atom is 0.343 e. The second-order valence-electron chi connectivity index (χ2n) is 8.63. The molecule has 10 aliphatic rings. The van der Waals surface area contributed by atoms with Gasteiger partial charge in [0.1, 0.15) is 23.0 Å². The lowest BCUT2D eigenvalue weighted by molar-refractivity contribution is 0.0725. The highest BCUT2D eigenvalue weighted by Crippen LogP contribution is 2.31. The van der Waals surface area contributed by atoms with Gasteiger partial charge in [0, 0.05) is 0 Å². The molecule has 0 unspecified atom stereocenters. The van der Waals surface area contributed by atoms with Crippen LogP contribution in [0.1, 0.15) is 26.3 Å². The van der Waals surface area contributed by atoms with Crippen molar-refractivity contribution in [3.63, 3.8) is 0 Å². The molecule has 36 heavy (non-hydrogen) atoms. The van der Waals surface area contributed by atoms with Crippen molar-refractivity contribution in [1.82, 2.24) is 0 Å². The van der Waals surface area contributed by atoms with Crippen LogP contribution in [0.4, 0.5) is 0 Å². The van der Waals surface area contributed by atoms with Gasteiger partial charge in [-0.2, -0.15) is 0 Å². The van der Waals surface area contributed by atoms with Gasteiger partial charge in [-0.25, -0.2) is 9.59 Å². The molecule has 0 fully saturated rings. The zero-order valence-electron chi connectivity index (χ0n) is 19.4. The second kappa shape index (κ2) is 8.71. The number of carbonyl (C=O) groups excluding carboxylic acids is 2. The second-order valence-corrected chi connectivity index (χ2v) is 8.63. The molecule has 174 valence electrons. The quantitative estimate of drug-likeness (QED) is 0.174. The van der Waals surface area contributed by atoms with Gasteiger partial charge in [0.2, 0.25) is 0 Å². The molecule has 5 heteroatoms. The molecular weight excluding hydrogens is 452 g/mol. The first kappa shape index (κ1) is 21.6. The van der Waals surface area contributed by atoms with Crippen molar-refractivity contribution in [2.24, 2.45) is 0 Å². The van der Waals surface area contributed by atoms with E-state index in [2.05, 4.69) is 0 Å². The van der Waals surface area contributed by atoms with E-state index < -0.39 is 11.9 Å². The van der Waals surface area contributed by atoms with Crippen LogP contribution in [-0.2, 0) is 0 Å². The van der Waals surface area contributed by atoms with Crippen molar-refractivity contribution in [3.05, 3.63) is 120 Å². The number of hydrogen-bond acceptors (Lipinski definition) is 5. The molecule has 0 aliphatic carbocycles. The third-order valence-electron chi connectivity index (χ3n) is 6.15. The molecular formula is C31H20O5. The van der Waals surface area contributed by atoms with E-state index in [4.69, 9.17) is 14.2 Å². The lowest BCUT2D eigenvalue weighted by Gasteiger charge is -2.12. The summed E-state index contributed by atoms with van der Waals surface area (Å²) in [6.45, 7) is 1.98. The first-order valence-corrected chi connectivity index (χ1v) is 11.5. The maximum atomic E-state index is 12.8. The normalized spacial score (nSPS) is 12.8. The van der Waals surface area contributed by atoms with Gasteiger partial charge in [-0.1, -0.05) is 30.3 Å². The number of carbonyl (C=O) groups is 2. The number of aryl methyl sites for hydroxylation is 1. The van der Waals surface area contributed by atoms with Gasteiger partial charge in [-0.05, 0) is 107 Å². The molecule has 0 N–H and O–H groups in total. The van der Waals surface area contributed by atoms with Crippen molar-refractivity contribution >= 4 is 22.7 Å². The Morgan fingerprint density at radius 2 is 0.889 bits per heavy atom. The van der Waals surface area contributed by atoms with Crippen molar-refractivity contribution in [2.75, 3.05) is 0 Å². The van der Waals surface area contributed by atoms with E-state index in [1.807, 2.05) is 37.3 Å². The molecule has 0 atom stereocenters. The Morgan fingerprint density at radius 1 is 0.444 bits per heavy atom. The van der Waals surface area contributed by atoms with Crippen molar-refractivity contribution < 1.29 is 23.8 Å². The van der Waals surface area contributed by atoms with Crippen molar-refractivity contribution in [3.8, 4) is 34.1 Å². The first-order valence-electron chi connectivity index (χ1n) is 11.5. The molecule has 15 rings (SSSR count). The van der Waals surface area contributed by atoms with Gasteiger partial charge in [0.25, 0.3) is 0 Å². The number of rotatable bonds is 0. The summed E-state index contributed by atoms with van der Waals surface area (Å²) >= 11 is 0. The molecule has 0 saturated carbocycles. The largest absolute Gasteiger partial charge is 0.457 e. The van der Waals surface area contributed by atoms with Crippen LogP contribution in [0.5, 0.6) is 23.0 Å². The lowest BCUT2D eigenvalue weighted by Crippen LogP contribution is -2.09. The van der Waals surface area contributed by atoms with E-state index in [9.17, 15) is 9.59 Å². The minimum atomic E-state index is -0.470. The SMILES string of the molecule is Cc1cc2ccc1Oc1ccc(cc1)OC(=O)c1ccc3cc(ccc3c1)C(=O)Oc1ccc-2cc1. The number of hydrogen-bond donors (Lipinski definition) is 0. The molecule has 0 amide bonds. The summed E-state index contributed by atoms with van der Waals surface area (Å²) in [5.74, 6) is 1.32. The van der Waals surface area contributed by atoms with E-state index in [1.165, 1.54) is 0 Å². The lowest BCUT2D eigenvalue weighted by atomic mass is 10.0. The van der Waals surface area contributed by atoms with Crippen LogP contribution in [0.15, 0.2) is 103 Å². The summed E-state index contributed by atoms with van der Waals surface area (Å²) in [5, 5.41) is 1.63. The summed E-state index contributed by atoms with van der Waals surface area (Å²) < 4.78 is 17.2. The monoisotopic (exact) mass is 472 g/mol. The molecule has 5 aromatic rings. The molecule has 0 saturated heterocycles.